The van der Waals surface area contributed by atoms with Crippen LogP contribution in [-0.4, -0.2) is 36.3 Å². The SMILES string of the molecule is CCNc1nc(-n2ccc(C(F)(F)F)n2)c2[nH]cnc2n1. The molecule has 0 amide bonds. The lowest BCUT2D eigenvalue weighted by molar-refractivity contribution is -0.141. The Bertz CT molecular complexity index is 774. The van der Waals surface area contributed by atoms with E-state index >= 15 is 0 Å². The lowest BCUT2D eigenvalue weighted by Gasteiger charge is -2.06. The second kappa shape index (κ2) is 4.72. The topological polar surface area (TPSA) is 84.3 Å². The fraction of sp³-hybridized carbons (Fsp3) is 0.273. The van der Waals surface area contributed by atoms with E-state index in [0.29, 0.717) is 17.7 Å². The highest BCUT2D eigenvalue weighted by molar-refractivity contribution is 5.79. The third-order valence-corrected chi connectivity index (χ3v) is 2.70. The molecule has 10 heteroatoms. The molecule has 0 saturated carbocycles. The summed E-state index contributed by atoms with van der Waals surface area (Å²) in [4.78, 5) is 15.1. The molecule has 0 aliphatic carbocycles. The van der Waals surface area contributed by atoms with E-state index in [2.05, 4.69) is 30.4 Å². The lowest BCUT2D eigenvalue weighted by atomic mass is 10.4. The molecule has 0 aromatic carbocycles. The van der Waals surface area contributed by atoms with Gasteiger partial charge in [-0.3, -0.25) is 0 Å². The highest BCUT2D eigenvalue weighted by Crippen LogP contribution is 2.28. The highest BCUT2D eigenvalue weighted by atomic mass is 19.4. The fourth-order valence-electron chi connectivity index (χ4n) is 1.81. The van der Waals surface area contributed by atoms with Crippen LogP contribution >= 0.6 is 0 Å². The largest absolute Gasteiger partial charge is 0.435 e. The van der Waals surface area contributed by atoms with Crippen LogP contribution in [0.2, 0.25) is 0 Å². The van der Waals surface area contributed by atoms with Gasteiger partial charge >= 0.3 is 6.18 Å². The van der Waals surface area contributed by atoms with Crippen molar-refractivity contribution in [3.8, 4) is 5.82 Å². The molecule has 0 fully saturated rings. The van der Waals surface area contributed by atoms with Crippen LogP contribution in [0.25, 0.3) is 17.0 Å². The summed E-state index contributed by atoms with van der Waals surface area (Å²) in [5.74, 6) is 0.472. The van der Waals surface area contributed by atoms with Gasteiger partial charge in [0.05, 0.1) is 6.33 Å². The maximum atomic E-state index is 12.6. The number of nitrogens with zero attached hydrogens (tertiary/aromatic N) is 5. The van der Waals surface area contributed by atoms with Crippen LogP contribution in [0.3, 0.4) is 0 Å². The summed E-state index contributed by atoms with van der Waals surface area (Å²) in [6, 6.07) is 0.886. The average Bonchev–Trinajstić information content (AvgIpc) is 3.06. The number of alkyl halides is 3. The van der Waals surface area contributed by atoms with Crippen LogP contribution < -0.4 is 5.32 Å². The minimum absolute atomic E-state index is 0.198. The number of rotatable bonds is 3. The van der Waals surface area contributed by atoms with Crippen molar-refractivity contribution in [2.45, 2.75) is 13.1 Å². The van der Waals surface area contributed by atoms with E-state index in [-0.39, 0.29) is 11.8 Å². The van der Waals surface area contributed by atoms with Crippen molar-refractivity contribution in [1.29, 1.82) is 0 Å². The molecule has 0 saturated heterocycles. The zero-order valence-electron chi connectivity index (χ0n) is 10.8. The van der Waals surface area contributed by atoms with E-state index in [0.717, 1.165) is 10.7 Å². The summed E-state index contributed by atoms with van der Waals surface area (Å²) in [7, 11) is 0. The van der Waals surface area contributed by atoms with Crippen LogP contribution in [0.4, 0.5) is 19.1 Å². The Morgan fingerprint density at radius 2 is 2.14 bits per heavy atom. The van der Waals surface area contributed by atoms with E-state index in [1.807, 2.05) is 6.92 Å². The molecular formula is C11H10F3N7. The van der Waals surface area contributed by atoms with Gasteiger partial charge in [-0.2, -0.15) is 28.2 Å². The molecule has 7 nitrogen and oxygen atoms in total. The Labute approximate surface area is 116 Å². The van der Waals surface area contributed by atoms with Crippen LogP contribution in [0, 0.1) is 0 Å². The Hall–Kier alpha value is -2.65. The van der Waals surface area contributed by atoms with Crippen molar-refractivity contribution in [3.05, 3.63) is 24.3 Å². The molecule has 3 aromatic rings. The van der Waals surface area contributed by atoms with Crippen molar-refractivity contribution in [2.75, 3.05) is 11.9 Å². The summed E-state index contributed by atoms with van der Waals surface area (Å²) in [5, 5.41) is 6.41. The summed E-state index contributed by atoms with van der Waals surface area (Å²) in [6.07, 6.45) is -1.91. The maximum Gasteiger partial charge on any atom is 0.435 e. The summed E-state index contributed by atoms with van der Waals surface area (Å²) in [5.41, 5.74) is -0.229. The monoisotopic (exact) mass is 297 g/mol. The Kier molecular flexibility index (Phi) is 3.00. The van der Waals surface area contributed by atoms with Crippen molar-refractivity contribution in [2.24, 2.45) is 0 Å². The van der Waals surface area contributed by atoms with Crippen LogP contribution in [0.5, 0.6) is 0 Å². The first kappa shape index (κ1) is 13.3. The van der Waals surface area contributed by atoms with Crippen LogP contribution in [0.15, 0.2) is 18.6 Å². The normalized spacial score (nSPS) is 12.0. The molecule has 2 N–H and O–H groups in total. The summed E-state index contributed by atoms with van der Waals surface area (Å²) < 4.78 is 38.9. The quantitative estimate of drug-likeness (QED) is 0.772. The Balaban J connectivity index is 2.14. The van der Waals surface area contributed by atoms with Crippen molar-refractivity contribution in [3.63, 3.8) is 0 Å². The summed E-state index contributed by atoms with van der Waals surface area (Å²) in [6.45, 7) is 2.43. The molecule has 0 radical (unpaired) electrons. The smallest absolute Gasteiger partial charge is 0.354 e. The number of hydrogen-bond acceptors (Lipinski definition) is 5. The number of aromatic nitrogens is 6. The number of fused-ring (bicyclic) bond motifs is 1. The van der Waals surface area contributed by atoms with E-state index in [4.69, 9.17) is 0 Å². The van der Waals surface area contributed by atoms with Gasteiger partial charge in [0.25, 0.3) is 0 Å². The molecule has 0 spiro atoms. The zero-order valence-corrected chi connectivity index (χ0v) is 10.8. The molecule has 0 aliphatic rings. The second-order valence-corrected chi connectivity index (χ2v) is 4.15. The van der Waals surface area contributed by atoms with E-state index in [1.165, 1.54) is 12.5 Å². The van der Waals surface area contributed by atoms with Gasteiger partial charge in [0.15, 0.2) is 17.2 Å². The molecule has 0 aliphatic heterocycles. The van der Waals surface area contributed by atoms with Gasteiger partial charge in [0.2, 0.25) is 5.95 Å². The van der Waals surface area contributed by atoms with Crippen LogP contribution in [-0.2, 0) is 6.18 Å². The average molecular weight is 297 g/mol. The first-order chi connectivity index (χ1) is 9.99. The molecule has 21 heavy (non-hydrogen) atoms. The molecule has 0 atom stereocenters. The maximum absolute atomic E-state index is 12.6. The van der Waals surface area contributed by atoms with Gasteiger partial charge in [-0.05, 0) is 13.0 Å². The third-order valence-electron chi connectivity index (χ3n) is 2.70. The highest BCUT2D eigenvalue weighted by Gasteiger charge is 2.34. The number of anilines is 1. The van der Waals surface area contributed by atoms with Crippen molar-refractivity contribution < 1.29 is 13.2 Å². The molecule has 0 bridgehead atoms. The second-order valence-electron chi connectivity index (χ2n) is 4.15. The van der Waals surface area contributed by atoms with E-state index in [9.17, 15) is 13.2 Å². The van der Waals surface area contributed by atoms with Gasteiger partial charge in [0, 0.05) is 12.7 Å². The molecule has 3 aromatic heterocycles. The van der Waals surface area contributed by atoms with Crippen molar-refractivity contribution in [1.82, 2.24) is 29.7 Å². The van der Waals surface area contributed by atoms with Gasteiger partial charge in [-0.15, -0.1) is 0 Å². The fourth-order valence-corrected chi connectivity index (χ4v) is 1.81. The number of nitrogens with one attached hydrogen (secondary N) is 2. The summed E-state index contributed by atoms with van der Waals surface area (Å²) >= 11 is 0. The number of aromatic amines is 1. The standard InChI is InChI=1S/C11H10F3N7/c1-2-15-10-18-8-7(16-5-17-8)9(19-10)21-4-3-6(20-21)11(12,13)14/h3-5H,2H2,1H3,(H2,15,16,17,18,19). The molecule has 3 rings (SSSR count). The van der Waals surface area contributed by atoms with Gasteiger partial charge < -0.3 is 10.3 Å². The van der Waals surface area contributed by atoms with Crippen molar-refractivity contribution >= 4 is 17.1 Å². The van der Waals surface area contributed by atoms with Gasteiger partial charge in [-0.25, -0.2) is 9.67 Å². The van der Waals surface area contributed by atoms with Crippen LogP contribution in [0.1, 0.15) is 12.6 Å². The molecule has 110 valence electrons. The minimum atomic E-state index is -4.50. The predicted octanol–water partition coefficient (Wildman–Crippen LogP) is 1.99. The Morgan fingerprint density at radius 3 is 2.81 bits per heavy atom. The number of H-pyrrole nitrogens is 1. The van der Waals surface area contributed by atoms with Gasteiger partial charge in [0.1, 0.15) is 5.52 Å². The Morgan fingerprint density at radius 1 is 1.33 bits per heavy atom. The first-order valence-corrected chi connectivity index (χ1v) is 6.07. The molecular weight excluding hydrogens is 287 g/mol. The third kappa shape index (κ3) is 2.39. The number of halogens is 3. The van der Waals surface area contributed by atoms with E-state index < -0.39 is 11.9 Å². The molecule has 3 heterocycles. The number of hydrogen-bond donors (Lipinski definition) is 2. The minimum Gasteiger partial charge on any atom is -0.354 e. The predicted molar refractivity (Wildman–Crippen MR) is 68.0 cm³/mol. The lowest BCUT2D eigenvalue weighted by Crippen LogP contribution is -2.10. The number of imidazole rings is 1. The molecule has 0 unspecified atom stereocenters. The van der Waals surface area contributed by atoms with Gasteiger partial charge in [-0.1, -0.05) is 0 Å². The zero-order chi connectivity index (χ0) is 15.0. The first-order valence-electron chi connectivity index (χ1n) is 6.07. The van der Waals surface area contributed by atoms with E-state index in [1.54, 1.807) is 0 Å².